The maximum Gasteiger partial charge on any atom is 0.0735 e. The molecule has 0 N–H and O–H groups in total. The van der Waals surface area contributed by atoms with Crippen molar-refractivity contribution in [3.8, 4) is 0 Å². The first-order valence-corrected chi connectivity index (χ1v) is 6.85. The van der Waals surface area contributed by atoms with Gasteiger partial charge in [0, 0.05) is 6.20 Å². The molecule has 2 rings (SSSR count). The van der Waals surface area contributed by atoms with E-state index in [4.69, 9.17) is 0 Å². The van der Waals surface area contributed by atoms with Crippen LogP contribution in [0.5, 0.6) is 0 Å². The Labute approximate surface area is 106 Å². The van der Waals surface area contributed by atoms with E-state index in [0.29, 0.717) is 6.04 Å². The van der Waals surface area contributed by atoms with Gasteiger partial charge in [0.25, 0.3) is 0 Å². The van der Waals surface area contributed by atoms with Gasteiger partial charge in [-0.05, 0) is 41.6 Å². The molecule has 0 aliphatic heterocycles. The molecular weight excluding hydrogens is 264 g/mol. The zero-order chi connectivity index (χ0) is 11.5. The molecule has 1 saturated carbocycles. The molecule has 16 heavy (non-hydrogen) atoms. The molecule has 3 heteroatoms. The number of aryl methyl sites for hydroxylation is 1. The monoisotopic (exact) mass is 282 g/mol. The van der Waals surface area contributed by atoms with Crippen molar-refractivity contribution in [1.82, 2.24) is 9.78 Å². The van der Waals surface area contributed by atoms with Crippen LogP contribution in [0.15, 0.2) is 23.3 Å². The minimum absolute atomic E-state index is 0.366. The number of halogens is 1. The molecule has 1 unspecified atom stereocenters. The van der Waals surface area contributed by atoms with Crippen molar-refractivity contribution in [3.63, 3.8) is 0 Å². The van der Waals surface area contributed by atoms with Gasteiger partial charge in [-0.3, -0.25) is 4.68 Å². The second kappa shape index (κ2) is 5.17. The predicted molar refractivity (Wildman–Crippen MR) is 70.5 cm³/mol. The first-order chi connectivity index (χ1) is 7.72. The summed E-state index contributed by atoms with van der Waals surface area (Å²) in [5.74, 6) is 0.720. The summed E-state index contributed by atoms with van der Waals surface area (Å²) in [5.41, 5.74) is 1.06. The Morgan fingerprint density at radius 3 is 2.69 bits per heavy atom. The standard InChI is InChI=1S/C13H19BrN2/c1-3-13(11-7-5-4-6-8-11)16-9-12(14)10(2)15-16/h3,9,11,13H,1,4-8H2,2H3. The van der Waals surface area contributed by atoms with Crippen molar-refractivity contribution in [2.75, 3.05) is 0 Å². The van der Waals surface area contributed by atoms with E-state index in [1.807, 2.05) is 6.92 Å². The molecule has 88 valence electrons. The molecular formula is C13H19BrN2. The zero-order valence-electron chi connectivity index (χ0n) is 9.82. The van der Waals surface area contributed by atoms with Crippen molar-refractivity contribution in [2.24, 2.45) is 5.92 Å². The minimum atomic E-state index is 0.366. The molecule has 0 aromatic carbocycles. The molecule has 1 aliphatic carbocycles. The van der Waals surface area contributed by atoms with Crippen molar-refractivity contribution >= 4 is 15.9 Å². The molecule has 0 amide bonds. The second-order valence-corrected chi connectivity index (χ2v) is 5.52. The van der Waals surface area contributed by atoms with Crippen LogP contribution in [0, 0.1) is 12.8 Å². The third-order valence-corrected chi connectivity index (χ3v) is 4.32. The van der Waals surface area contributed by atoms with E-state index in [1.54, 1.807) is 0 Å². The highest BCUT2D eigenvalue weighted by atomic mass is 79.9. The van der Waals surface area contributed by atoms with Crippen LogP contribution in [0.2, 0.25) is 0 Å². The number of hydrogen-bond acceptors (Lipinski definition) is 1. The normalized spacial score (nSPS) is 19.6. The van der Waals surface area contributed by atoms with E-state index in [2.05, 4.69) is 44.6 Å². The molecule has 1 heterocycles. The lowest BCUT2D eigenvalue weighted by Gasteiger charge is -2.28. The maximum absolute atomic E-state index is 4.56. The average Bonchev–Trinajstić information content (AvgIpc) is 2.61. The molecule has 0 spiro atoms. The van der Waals surface area contributed by atoms with Crippen LogP contribution in [0.4, 0.5) is 0 Å². The predicted octanol–water partition coefficient (Wildman–Crippen LogP) is 4.26. The van der Waals surface area contributed by atoms with Crippen molar-refractivity contribution < 1.29 is 0 Å². The molecule has 1 aliphatic rings. The van der Waals surface area contributed by atoms with Crippen LogP contribution >= 0.6 is 15.9 Å². The smallest absolute Gasteiger partial charge is 0.0735 e. The maximum atomic E-state index is 4.56. The van der Waals surface area contributed by atoms with E-state index in [-0.39, 0.29) is 0 Å². The molecule has 0 radical (unpaired) electrons. The van der Waals surface area contributed by atoms with Crippen LogP contribution in [0.3, 0.4) is 0 Å². The van der Waals surface area contributed by atoms with E-state index >= 15 is 0 Å². The van der Waals surface area contributed by atoms with E-state index in [0.717, 1.165) is 16.1 Å². The number of allylic oxidation sites excluding steroid dienone is 1. The first kappa shape index (κ1) is 11.9. The van der Waals surface area contributed by atoms with Crippen molar-refractivity contribution in [1.29, 1.82) is 0 Å². The second-order valence-electron chi connectivity index (χ2n) is 4.67. The Balaban J connectivity index is 2.17. The van der Waals surface area contributed by atoms with E-state index < -0.39 is 0 Å². The largest absolute Gasteiger partial charge is 0.264 e. The van der Waals surface area contributed by atoms with Crippen molar-refractivity contribution in [2.45, 2.75) is 45.1 Å². The third-order valence-electron chi connectivity index (χ3n) is 3.54. The van der Waals surface area contributed by atoms with Crippen LogP contribution in [0.1, 0.15) is 43.8 Å². The molecule has 1 aromatic rings. The van der Waals surface area contributed by atoms with Gasteiger partial charge in [0.05, 0.1) is 16.2 Å². The highest BCUT2D eigenvalue weighted by molar-refractivity contribution is 9.10. The lowest BCUT2D eigenvalue weighted by atomic mass is 9.84. The van der Waals surface area contributed by atoms with Gasteiger partial charge in [-0.15, -0.1) is 6.58 Å². The van der Waals surface area contributed by atoms with Gasteiger partial charge in [0.2, 0.25) is 0 Å². The Morgan fingerprint density at radius 2 is 2.19 bits per heavy atom. The van der Waals surface area contributed by atoms with E-state index in [1.165, 1.54) is 32.1 Å². The number of rotatable bonds is 3. The summed E-state index contributed by atoms with van der Waals surface area (Å²) in [7, 11) is 0. The molecule has 1 aromatic heterocycles. The fourth-order valence-corrected chi connectivity index (χ4v) is 2.89. The minimum Gasteiger partial charge on any atom is -0.264 e. The quantitative estimate of drug-likeness (QED) is 0.758. The van der Waals surface area contributed by atoms with Crippen molar-refractivity contribution in [3.05, 3.63) is 29.0 Å². The summed E-state index contributed by atoms with van der Waals surface area (Å²) >= 11 is 3.52. The van der Waals surface area contributed by atoms with Crippen LogP contribution in [0.25, 0.3) is 0 Å². The van der Waals surface area contributed by atoms with Crippen LogP contribution < -0.4 is 0 Å². The van der Waals surface area contributed by atoms with Gasteiger partial charge >= 0.3 is 0 Å². The highest BCUT2D eigenvalue weighted by Gasteiger charge is 2.23. The van der Waals surface area contributed by atoms with Gasteiger partial charge < -0.3 is 0 Å². The third kappa shape index (κ3) is 2.40. The molecule has 0 bridgehead atoms. The zero-order valence-corrected chi connectivity index (χ0v) is 11.4. The van der Waals surface area contributed by atoms with E-state index in [9.17, 15) is 0 Å². The van der Waals surface area contributed by atoms with Crippen LogP contribution in [-0.2, 0) is 0 Å². The first-order valence-electron chi connectivity index (χ1n) is 6.06. The summed E-state index contributed by atoms with van der Waals surface area (Å²) < 4.78 is 3.16. The lowest BCUT2D eigenvalue weighted by molar-refractivity contribution is 0.272. The van der Waals surface area contributed by atoms with Gasteiger partial charge in [-0.25, -0.2) is 0 Å². The number of nitrogens with zero attached hydrogens (tertiary/aromatic N) is 2. The lowest BCUT2D eigenvalue weighted by Crippen LogP contribution is -2.20. The average molecular weight is 283 g/mol. The Kier molecular flexibility index (Phi) is 3.85. The Morgan fingerprint density at radius 1 is 1.50 bits per heavy atom. The summed E-state index contributed by atoms with van der Waals surface area (Å²) in [6.07, 6.45) is 10.9. The molecule has 2 nitrogen and oxygen atoms in total. The van der Waals surface area contributed by atoms with Gasteiger partial charge in [0.15, 0.2) is 0 Å². The molecule has 1 atom stereocenters. The fourth-order valence-electron chi connectivity index (χ4n) is 2.60. The highest BCUT2D eigenvalue weighted by Crippen LogP contribution is 2.34. The fraction of sp³-hybridized carbons (Fsp3) is 0.615. The SMILES string of the molecule is C=CC(C1CCCCC1)n1cc(Br)c(C)n1. The molecule has 1 fully saturated rings. The Hall–Kier alpha value is -0.570. The summed E-state index contributed by atoms with van der Waals surface area (Å²) in [6.45, 7) is 6.00. The topological polar surface area (TPSA) is 17.8 Å². The number of hydrogen-bond donors (Lipinski definition) is 0. The van der Waals surface area contributed by atoms with Gasteiger partial charge in [-0.2, -0.15) is 5.10 Å². The summed E-state index contributed by atoms with van der Waals surface area (Å²) in [4.78, 5) is 0. The van der Waals surface area contributed by atoms with Crippen LogP contribution in [-0.4, -0.2) is 9.78 Å². The summed E-state index contributed by atoms with van der Waals surface area (Å²) in [6, 6.07) is 0.366. The Bertz CT molecular complexity index is 345. The molecule has 0 saturated heterocycles. The number of aromatic nitrogens is 2. The van der Waals surface area contributed by atoms with Gasteiger partial charge in [0.1, 0.15) is 0 Å². The van der Waals surface area contributed by atoms with Gasteiger partial charge in [-0.1, -0.05) is 25.3 Å². The summed E-state index contributed by atoms with van der Waals surface area (Å²) in [5, 5.41) is 4.56.